The lowest BCUT2D eigenvalue weighted by Crippen LogP contribution is -2.36. The molecule has 0 radical (unpaired) electrons. The van der Waals surface area contributed by atoms with Crippen molar-refractivity contribution in [2.45, 2.75) is 52.0 Å². The quantitative estimate of drug-likeness (QED) is 0.363. The topological polar surface area (TPSA) is 87.6 Å². The van der Waals surface area contributed by atoms with Gasteiger partial charge in [0.05, 0.1) is 0 Å². The molecule has 1 aliphatic carbocycles. The zero-order chi connectivity index (χ0) is 15.2. The minimum absolute atomic E-state index is 0.0221. The van der Waals surface area contributed by atoms with Crippen molar-refractivity contribution in [3.8, 4) is 0 Å². The average molecular weight is 291 g/mol. The molecule has 21 heavy (non-hydrogen) atoms. The highest BCUT2D eigenvalue weighted by atomic mass is 16.4. The Morgan fingerprint density at radius 1 is 1.48 bits per heavy atom. The summed E-state index contributed by atoms with van der Waals surface area (Å²) >= 11 is 0. The number of hydrogen-bond donors (Lipinski definition) is 2. The first kappa shape index (κ1) is 15.5. The van der Waals surface area contributed by atoms with Crippen molar-refractivity contribution in [1.29, 1.82) is 0 Å². The first-order valence-electron chi connectivity index (χ1n) is 7.69. The van der Waals surface area contributed by atoms with E-state index in [1.54, 1.807) is 12.3 Å². The summed E-state index contributed by atoms with van der Waals surface area (Å²) in [6, 6.07) is 2.17. The molecule has 0 amide bonds. The molecule has 1 aromatic rings. The maximum absolute atomic E-state index is 8.79. The van der Waals surface area contributed by atoms with E-state index in [2.05, 4.69) is 33.9 Å². The molecule has 1 heterocycles. The van der Waals surface area contributed by atoms with Gasteiger partial charge >= 0.3 is 0 Å². The molecule has 1 aromatic heterocycles. The molecular formula is C15H25N5O. The van der Waals surface area contributed by atoms with E-state index in [1.807, 2.05) is 0 Å². The molecule has 0 atom stereocenters. The van der Waals surface area contributed by atoms with E-state index in [9.17, 15) is 0 Å². The van der Waals surface area contributed by atoms with Crippen molar-refractivity contribution in [3.05, 3.63) is 18.0 Å². The Kier molecular flexibility index (Phi) is 5.36. The molecule has 1 fully saturated rings. The first-order valence-corrected chi connectivity index (χ1v) is 7.69. The Bertz CT molecular complexity index is 483. The second-order valence-corrected chi connectivity index (χ2v) is 6.04. The predicted molar refractivity (Wildman–Crippen MR) is 83.6 cm³/mol. The summed E-state index contributed by atoms with van der Waals surface area (Å²) in [5.41, 5.74) is 6.10. The summed E-state index contributed by atoms with van der Waals surface area (Å²) in [5.74, 6) is 1.35. The fourth-order valence-corrected chi connectivity index (χ4v) is 2.74. The van der Waals surface area contributed by atoms with E-state index in [1.165, 1.54) is 25.7 Å². The number of nitrogens with two attached hydrogens (primary N) is 1. The van der Waals surface area contributed by atoms with E-state index < -0.39 is 0 Å². The van der Waals surface area contributed by atoms with E-state index in [-0.39, 0.29) is 5.84 Å². The maximum Gasteiger partial charge on any atom is 0.226 e. The fourth-order valence-electron chi connectivity index (χ4n) is 2.74. The minimum Gasteiger partial charge on any atom is -0.409 e. The van der Waals surface area contributed by atoms with E-state index in [0.29, 0.717) is 23.6 Å². The third-order valence-corrected chi connectivity index (χ3v) is 3.98. The highest BCUT2D eigenvalue weighted by Gasteiger charge is 2.25. The minimum atomic E-state index is 0.0221. The predicted octanol–water partition coefficient (Wildman–Crippen LogP) is 2.37. The monoisotopic (exact) mass is 291 g/mol. The van der Waals surface area contributed by atoms with Gasteiger partial charge in [-0.3, -0.25) is 0 Å². The summed E-state index contributed by atoms with van der Waals surface area (Å²) in [5, 5.41) is 11.8. The molecular weight excluding hydrogens is 266 g/mol. The average Bonchev–Trinajstić information content (AvgIpc) is 3.01. The highest BCUT2D eigenvalue weighted by Crippen LogP contribution is 2.27. The van der Waals surface area contributed by atoms with Gasteiger partial charge in [-0.1, -0.05) is 31.8 Å². The summed E-state index contributed by atoms with van der Waals surface area (Å²) in [6.07, 6.45) is 7.69. The van der Waals surface area contributed by atoms with E-state index >= 15 is 0 Å². The molecule has 0 spiro atoms. The van der Waals surface area contributed by atoms with Gasteiger partial charge in [0, 0.05) is 18.8 Å². The summed E-state index contributed by atoms with van der Waals surface area (Å²) in [6.45, 7) is 5.39. The van der Waals surface area contributed by atoms with Crippen LogP contribution in [-0.2, 0) is 0 Å². The third-order valence-electron chi connectivity index (χ3n) is 3.98. The standard InChI is InChI=1S/C15H25N5O/c1-11(2)8-10-20(12-5-3-4-6-12)15-17-9-7-13(18-15)14(16)19-21/h7,9,11-12,21H,3-6,8,10H2,1-2H3,(H2,16,19). The number of amidine groups is 1. The van der Waals surface area contributed by atoms with Gasteiger partial charge in [0.15, 0.2) is 5.84 Å². The molecule has 0 aliphatic heterocycles. The highest BCUT2D eigenvalue weighted by molar-refractivity contribution is 5.95. The molecule has 1 saturated carbocycles. The number of aromatic nitrogens is 2. The lowest BCUT2D eigenvalue weighted by Gasteiger charge is -2.29. The molecule has 0 aromatic carbocycles. The molecule has 3 N–H and O–H groups in total. The number of anilines is 1. The van der Waals surface area contributed by atoms with Crippen molar-refractivity contribution < 1.29 is 5.21 Å². The first-order chi connectivity index (χ1) is 10.1. The van der Waals surface area contributed by atoms with Crippen LogP contribution in [0.25, 0.3) is 0 Å². The second-order valence-electron chi connectivity index (χ2n) is 6.04. The van der Waals surface area contributed by atoms with Crippen LogP contribution in [0, 0.1) is 5.92 Å². The summed E-state index contributed by atoms with van der Waals surface area (Å²) < 4.78 is 0. The zero-order valence-corrected chi connectivity index (χ0v) is 12.9. The fraction of sp³-hybridized carbons (Fsp3) is 0.667. The third kappa shape index (κ3) is 4.06. The van der Waals surface area contributed by atoms with Crippen LogP contribution in [0.2, 0.25) is 0 Å². The molecule has 6 heteroatoms. The van der Waals surface area contributed by atoms with Gasteiger partial charge in [-0.25, -0.2) is 9.97 Å². The Morgan fingerprint density at radius 2 is 2.19 bits per heavy atom. The van der Waals surface area contributed by atoms with Crippen LogP contribution in [0.1, 0.15) is 51.6 Å². The largest absolute Gasteiger partial charge is 0.409 e. The molecule has 2 rings (SSSR count). The van der Waals surface area contributed by atoms with Gasteiger partial charge in [0.1, 0.15) is 5.69 Å². The zero-order valence-electron chi connectivity index (χ0n) is 12.9. The van der Waals surface area contributed by atoms with Gasteiger partial charge in [0.25, 0.3) is 0 Å². The van der Waals surface area contributed by atoms with Crippen LogP contribution < -0.4 is 10.6 Å². The maximum atomic E-state index is 8.79. The van der Waals surface area contributed by atoms with Crippen LogP contribution >= 0.6 is 0 Å². The SMILES string of the molecule is CC(C)CCN(c1nccc(/C(N)=N/O)n1)C1CCCC1. The van der Waals surface area contributed by atoms with Gasteiger partial charge in [-0.15, -0.1) is 0 Å². The van der Waals surface area contributed by atoms with Crippen molar-refractivity contribution in [1.82, 2.24) is 9.97 Å². The lowest BCUT2D eigenvalue weighted by atomic mass is 10.1. The van der Waals surface area contributed by atoms with Gasteiger partial charge in [-0.2, -0.15) is 0 Å². The Hall–Kier alpha value is -1.85. The van der Waals surface area contributed by atoms with Crippen LogP contribution in [0.3, 0.4) is 0 Å². The molecule has 0 saturated heterocycles. The second kappa shape index (κ2) is 7.24. The molecule has 116 valence electrons. The summed E-state index contributed by atoms with van der Waals surface area (Å²) in [4.78, 5) is 11.2. The van der Waals surface area contributed by atoms with Crippen molar-refractivity contribution in [2.24, 2.45) is 16.8 Å². The molecule has 0 unspecified atom stereocenters. The van der Waals surface area contributed by atoms with Gasteiger partial charge < -0.3 is 15.8 Å². The van der Waals surface area contributed by atoms with E-state index in [0.717, 1.165) is 13.0 Å². The Morgan fingerprint density at radius 3 is 2.81 bits per heavy atom. The number of nitrogens with zero attached hydrogens (tertiary/aromatic N) is 4. The number of rotatable bonds is 6. The van der Waals surface area contributed by atoms with E-state index in [4.69, 9.17) is 10.9 Å². The molecule has 1 aliphatic rings. The normalized spacial score (nSPS) is 16.6. The summed E-state index contributed by atoms with van der Waals surface area (Å²) in [7, 11) is 0. The van der Waals surface area contributed by atoms with Crippen LogP contribution in [0.15, 0.2) is 17.4 Å². The lowest BCUT2D eigenvalue weighted by molar-refractivity contribution is 0.318. The van der Waals surface area contributed by atoms with Gasteiger partial charge in [0.2, 0.25) is 5.95 Å². The number of oxime groups is 1. The van der Waals surface area contributed by atoms with Crippen LogP contribution in [-0.4, -0.2) is 33.6 Å². The molecule has 6 nitrogen and oxygen atoms in total. The smallest absolute Gasteiger partial charge is 0.226 e. The van der Waals surface area contributed by atoms with Crippen molar-refractivity contribution in [2.75, 3.05) is 11.4 Å². The molecule has 0 bridgehead atoms. The van der Waals surface area contributed by atoms with Crippen LogP contribution in [0.4, 0.5) is 5.95 Å². The van der Waals surface area contributed by atoms with Crippen LogP contribution in [0.5, 0.6) is 0 Å². The number of hydrogen-bond acceptors (Lipinski definition) is 5. The van der Waals surface area contributed by atoms with Gasteiger partial charge in [-0.05, 0) is 31.2 Å². The Labute approximate surface area is 126 Å². The van der Waals surface area contributed by atoms with Crippen molar-refractivity contribution >= 4 is 11.8 Å². The van der Waals surface area contributed by atoms with Crippen molar-refractivity contribution in [3.63, 3.8) is 0 Å². The Balaban J connectivity index is 2.22.